The van der Waals surface area contributed by atoms with Crippen LogP contribution in [0.2, 0.25) is 5.02 Å². The van der Waals surface area contributed by atoms with Gasteiger partial charge >= 0.3 is 0 Å². The van der Waals surface area contributed by atoms with Crippen LogP contribution in [0.25, 0.3) is 0 Å². The van der Waals surface area contributed by atoms with Crippen molar-refractivity contribution in [1.29, 1.82) is 0 Å². The van der Waals surface area contributed by atoms with Gasteiger partial charge in [0.1, 0.15) is 12.3 Å². The van der Waals surface area contributed by atoms with Crippen LogP contribution in [0.5, 0.6) is 5.88 Å². The minimum atomic E-state index is 0.396. The molecule has 0 spiro atoms. The Hall–Kier alpha value is -2.44. The Morgan fingerprint density at radius 3 is 3.00 bits per heavy atom. The van der Waals surface area contributed by atoms with Crippen molar-refractivity contribution >= 4 is 11.6 Å². The lowest BCUT2D eigenvalue weighted by atomic mass is 10.0. The topological polar surface area (TPSA) is 56.1 Å². The molecule has 1 aliphatic rings. The lowest BCUT2D eigenvalue weighted by Crippen LogP contribution is -2.31. The van der Waals surface area contributed by atoms with Gasteiger partial charge in [0.15, 0.2) is 0 Å². The van der Waals surface area contributed by atoms with Gasteiger partial charge in [0.25, 0.3) is 0 Å². The summed E-state index contributed by atoms with van der Waals surface area (Å²) in [6, 6.07) is 8.04. The smallest absolute Gasteiger partial charge is 0.232 e. The van der Waals surface area contributed by atoms with Crippen LogP contribution in [-0.2, 0) is 33.2 Å². The van der Waals surface area contributed by atoms with Gasteiger partial charge < -0.3 is 4.74 Å². The number of nitrogens with zero attached hydrogens (tertiary/aromatic N) is 5. The van der Waals surface area contributed by atoms with Crippen molar-refractivity contribution in [3.8, 4) is 5.88 Å². The summed E-state index contributed by atoms with van der Waals surface area (Å²) < 4.78 is 7.73. The molecule has 0 radical (unpaired) electrons. The van der Waals surface area contributed by atoms with Crippen molar-refractivity contribution in [2.75, 3.05) is 6.54 Å². The van der Waals surface area contributed by atoms with Gasteiger partial charge in [-0.2, -0.15) is 5.10 Å². The summed E-state index contributed by atoms with van der Waals surface area (Å²) in [5.74, 6) is 0.512. The largest absolute Gasteiger partial charge is 0.470 e. The average Bonchev–Trinajstić information content (AvgIpc) is 2.96. The molecule has 2 aromatic heterocycles. The highest BCUT2D eigenvalue weighted by Gasteiger charge is 2.24. The first-order valence-corrected chi connectivity index (χ1v) is 8.96. The monoisotopic (exact) mass is 369 g/mol. The van der Waals surface area contributed by atoms with Crippen LogP contribution in [0.1, 0.15) is 22.5 Å². The molecule has 3 heterocycles. The number of rotatable bonds is 5. The maximum atomic E-state index is 6.11. The third-order valence-corrected chi connectivity index (χ3v) is 4.83. The van der Waals surface area contributed by atoms with Crippen LogP contribution in [0, 0.1) is 0 Å². The number of fused-ring (bicyclic) bond motifs is 1. The van der Waals surface area contributed by atoms with Gasteiger partial charge in [0.05, 0.1) is 6.20 Å². The summed E-state index contributed by atoms with van der Waals surface area (Å²) in [6.07, 6.45) is 5.84. The predicted molar refractivity (Wildman–Crippen MR) is 98.8 cm³/mol. The molecule has 0 N–H and O–H groups in total. The zero-order valence-electron chi connectivity index (χ0n) is 14.6. The Kier molecular flexibility index (Phi) is 4.86. The number of benzene rings is 1. The summed E-state index contributed by atoms with van der Waals surface area (Å²) in [5, 5.41) is 5.44. The SMILES string of the molecule is Cn1nc(COc2cnccn2)c2c1CCN(Cc1cccc(Cl)c1)C2. The third kappa shape index (κ3) is 3.71. The third-order valence-electron chi connectivity index (χ3n) is 4.60. The first kappa shape index (κ1) is 17.0. The van der Waals surface area contributed by atoms with E-state index in [1.54, 1.807) is 18.6 Å². The van der Waals surface area contributed by atoms with E-state index in [0.717, 1.165) is 36.8 Å². The van der Waals surface area contributed by atoms with Gasteiger partial charge in [-0.3, -0.25) is 14.6 Å². The van der Waals surface area contributed by atoms with Crippen LogP contribution in [0.3, 0.4) is 0 Å². The Balaban J connectivity index is 1.48. The highest BCUT2D eigenvalue weighted by atomic mass is 35.5. The van der Waals surface area contributed by atoms with E-state index >= 15 is 0 Å². The van der Waals surface area contributed by atoms with E-state index in [1.807, 2.05) is 29.9 Å². The molecule has 26 heavy (non-hydrogen) atoms. The number of hydrogen-bond donors (Lipinski definition) is 0. The summed E-state index contributed by atoms with van der Waals surface area (Å²) in [6.45, 7) is 3.13. The fourth-order valence-corrected chi connectivity index (χ4v) is 3.59. The van der Waals surface area contributed by atoms with E-state index < -0.39 is 0 Å². The lowest BCUT2D eigenvalue weighted by molar-refractivity contribution is 0.238. The fourth-order valence-electron chi connectivity index (χ4n) is 3.37. The van der Waals surface area contributed by atoms with Gasteiger partial charge in [0.2, 0.25) is 5.88 Å². The minimum absolute atomic E-state index is 0.396. The molecule has 1 aliphatic heterocycles. The summed E-state index contributed by atoms with van der Waals surface area (Å²) >= 11 is 6.11. The van der Waals surface area contributed by atoms with E-state index in [9.17, 15) is 0 Å². The van der Waals surface area contributed by atoms with Crippen molar-refractivity contribution in [1.82, 2.24) is 24.6 Å². The zero-order chi connectivity index (χ0) is 17.9. The molecule has 0 unspecified atom stereocenters. The van der Waals surface area contributed by atoms with E-state index in [-0.39, 0.29) is 0 Å². The molecule has 0 saturated heterocycles. The second-order valence-electron chi connectivity index (χ2n) is 6.42. The van der Waals surface area contributed by atoms with Gasteiger partial charge in [-0.25, -0.2) is 4.98 Å². The van der Waals surface area contributed by atoms with Crippen molar-refractivity contribution < 1.29 is 4.74 Å². The zero-order valence-corrected chi connectivity index (χ0v) is 15.4. The molecule has 0 atom stereocenters. The lowest BCUT2D eigenvalue weighted by Gasteiger charge is -2.27. The molecule has 0 fully saturated rings. The molecule has 0 saturated carbocycles. The van der Waals surface area contributed by atoms with Crippen LogP contribution in [0.15, 0.2) is 42.9 Å². The Morgan fingerprint density at radius 1 is 1.27 bits per heavy atom. The second kappa shape index (κ2) is 7.43. The number of aromatic nitrogens is 4. The molecular formula is C19H20ClN5O. The van der Waals surface area contributed by atoms with Gasteiger partial charge in [-0.1, -0.05) is 23.7 Å². The Labute approximate surface area is 157 Å². The predicted octanol–water partition coefficient (Wildman–Crippen LogP) is 3.00. The number of aryl methyl sites for hydroxylation is 1. The molecule has 7 heteroatoms. The van der Waals surface area contributed by atoms with E-state index in [2.05, 4.69) is 26.0 Å². The molecule has 0 bridgehead atoms. The van der Waals surface area contributed by atoms with Crippen molar-refractivity contribution in [2.24, 2.45) is 7.05 Å². The standard InChI is InChI=1S/C19H20ClN5O/c1-24-18-5-8-25(11-14-3-2-4-15(20)9-14)12-16(18)17(23-24)13-26-19-10-21-6-7-22-19/h2-4,6-7,9-10H,5,8,11-13H2,1H3. The number of ether oxygens (including phenoxy) is 1. The highest BCUT2D eigenvalue weighted by molar-refractivity contribution is 6.30. The summed E-state index contributed by atoms with van der Waals surface area (Å²) in [5.41, 5.74) is 4.72. The van der Waals surface area contributed by atoms with Gasteiger partial charge in [-0.15, -0.1) is 0 Å². The minimum Gasteiger partial charge on any atom is -0.470 e. The summed E-state index contributed by atoms with van der Waals surface area (Å²) in [7, 11) is 2.00. The molecule has 0 amide bonds. The van der Waals surface area contributed by atoms with E-state index in [1.165, 1.54) is 16.8 Å². The molecule has 6 nitrogen and oxygen atoms in total. The van der Waals surface area contributed by atoms with Gasteiger partial charge in [0, 0.05) is 61.8 Å². The molecule has 0 aliphatic carbocycles. The first-order valence-electron chi connectivity index (χ1n) is 8.58. The van der Waals surface area contributed by atoms with Crippen LogP contribution in [0.4, 0.5) is 0 Å². The molecular weight excluding hydrogens is 350 g/mol. The Bertz CT molecular complexity index is 896. The second-order valence-corrected chi connectivity index (χ2v) is 6.85. The van der Waals surface area contributed by atoms with E-state index in [4.69, 9.17) is 16.3 Å². The maximum absolute atomic E-state index is 6.11. The molecule has 1 aromatic carbocycles. The van der Waals surface area contributed by atoms with Crippen molar-refractivity contribution in [2.45, 2.75) is 26.1 Å². The summed E-state index contributed by atoms with van der Waals surface area (Å²) in [4.78, 5) is 10.6. The normalized spacial score (nSPS) is 14.2. The van der Waals surface area contributed by atoms with Crippen molar-refractivity contribution in [3.05, 3.63) is 70.4 Å². The first-order chi connectivity index (χ1) is 12.7. The van der Waals surface area contributed by atoms with Crippen molar-refractivity contribution in [3.63, 3.8) is 0 Å². The van der Waals surface area contributed by atoms with Crippen LogP contribution >= 0.6 is 11.6 Å². The average molecular weight is 370 g/mol. The van der Waals surface area contributed by atoms with Gasteiger partial charge in [-0.05, 0) is 17.7 Å². The fraction of sp³-hybridized carbons (Fsp3) is 0.316. The maximum Gasteiger partial charge on any atom is 0.232 e. The molecule has 3 aromatic rings. The quantitative estimate of drug-likeness (QED) is 0.692. The Morgan fingerprint density at radius 2 is 2.19 bits per heavy atom. The molecule has 4 rings (SSSR count). The highest BCUT2D eigenvalue weighted by Crippen LogP contribution is 2.24. The number of hydrogen-bond acceptors (Lipinski definition) is 5. The van der Waals surface area contributed by atoms with E-state index in [0.29, 0.717) is 12.5 Å². The molecule has 134 valence electrons. The number of halogens is 1. The van der Waals surface area contributed by atoms with Crippen LogP contribution in [-0.4, -0.2) is 31.2 Å². The van der Waals surface area contributed by atoms with Crippen LogP contribution < -0.4 is 4.74 Å².